The fraction of sp³-hybridized carbons (Fsp3) is 0.100. The number of para-hydroxylation sites is 2. The molecule has 0 unspecified atom stereocenters. The van der Waals surface area contributed by atoms with Gasteiger partial charge in [-0.1, -0.05) is 53.5 Å². The number of hydrogen-bond acceptors (Lipinski definition) is 5. The number of carbonyl (C=O) groups is 1. The van der Waals surface area contributed by atoms with E-state index in [1.54, 1.807) is 37.4 Å². The highest BCUT2D eigenvalue weighted by molar-refractivity contribution is 14.1. The van der Waals surface area contributed by atoms with Gasteiger partial charge in [-0.15, -0.1) is 0 Å². The fourth-order valence-electron chi connectivity index (χ4n) is 4.35. The van der Waals surface area contributed by atoms with E-state index in [2.05, 4.69) is 33.1 Å². The maximum Gasteiger partial charge on any atom is 0.260 e. The summed E-state index contributed by atoms with van der Waals surface area (Å²) < 4.78 is 14.2. The maximum atomic E-state index is 12.9. The molecule has 5 rings (SSSR count). The van der Waals surface area contributed by atoms with Crippen molar-refractivity contribution in [2.75, 3.05) is 7.11 Å². The molecule has 0 saturated carbocycles. The van der Waals surface area contributed by atoms with Crippen LogP contribution in [0.5, 0.6) is 11.5 Å². The minimum Gasteiger partial charge on any atom is -0.493 e. The third-order valence-corrected chi connectivity index (χ3v) is 7.61. The number of halogens is 3. The molecule has 5 aromatic rings. The first kappa shape index (κ1) is 27.9. The number of nitrogens with zero attached hydrogens (tertiary/aromatic N) is 2. The zero-order valence-corrected chi connectivity index (χ0v) is 24.8. The molecule has 0 aliphatic rings. The van der Waals surface area contributed by atoms with Gasteiger partial charge in [-0.3, -0.25) is 9.59 Å². The molecular weight excluding hydrogens is 664 g/mol. The van der Waals surface area contributed by atoms with Crippen molar-refractivity contribution in [3.05, 3.63) is 114 Å². The molecule has 0 radical (unpaired) electrons. The van der Waals surface area contributed by atoms with E-state index < -0.39 is 0 Å². The number of rotatable bonds is 8. The number of benzene rings is 4. The van der Waals surface area contributed by atoms with E-state index in [1.807, 2.05) is 53.1 Å². The molecule has 7 nitrogen and oxygen atoms in total. The lowest BCUT2D eigenvalue weighted by atomic mass is 10.1. The van der Waals surface area contributed by atoms with Crippen molar-refractivity contribution in [3.8, 4) is 11.5 Å². The number of hydrogen-bond donors (Lipinski definition) is 1. The number of ether oxygens (including phenoxy) is 2. The highest BCUT2D eigenvalue weighted by Crippen LogP contribution is 2.35. The summed E-state index contributed by atoms with van der Waals surface area (Å²) in [5, 5.41) is 6.33. The molecule has 0 aliphatic carbocycles. The third kappa shape index (κ3) is 5.94. The highest BCUT2D eigenvalue weighted by Gasteiger charge is 2.14. The first-order chi connectivity index (χ1) is 19.4. The van der Waals surface area contributed by atoms with Crippen molar-refractivity contribution in [2.24, 2.45) is 5.10 Å². The summed E-state index contributed by atoms with van der Waals surface area (Å²) in [7, 11) is 1.55. The second kappa shape index (κ2) is 12.3. The van der Waals surface area contributed by atoms with Crippen LogP contribution in [0.1, 0.15) is 11.1 Å². The normalized spacial score (nSPS) is 11.3. The van der Waals surface area contributed by atoms with Crippen LogP contribution in [0.4, 0.5) is 0 Å². The van der Waals surface area contributed by atoms with Crippen LogP contribution in [-0.4, -0.2) is 23.8 Å². The third-order valence-electron chi connectivity index (χ3n) is 6.22. The number of hydrazone groups is 1. The Labute approximate surface area is 253 Å². The maximum absolute atomic E-state index is 12.9. The summed E-state index contributed by atoms with van der Waals surface area (Å²) in [6.07, 6.45) is 1.53. The Morgan fingerprint density at radius 3 is 2.33 bits per heavy atom. The minimum absolute atomic E-state index is 0.0143. The van der Waals surface area contributed by atoms with Crippen molar-refractivity contribution in [3.63, 3.8) is 0 Å². The highest BCUT2D eigenvalue weighted by atomic mass is 127. The average Bonchev–Trinajstić information content (AvgIpc) is 2.95. The molecule has 202 valence electrons. The summed E-state index contributed by atoms with van der Waals surface area (Å²) in [6.45, 7) is 0.222. The lowest BCUT2D eigenvalue weighted by molar-refractivity contribution is -0.121. The monoisotopic (exact) mass is 685 g/mol. The first-order valence-electron chi connectivity index (χ1n) is 12.1. The van der Waals surface area contributed by atoms with Gasteiger partial charge in [-0.2, -0.15) is 5.10 Å². The lowest BCUT2D eigenvalue weighted by Crippen LogP contribution is -2.25. The summed E-state index contributed by atoms with van der Waals surface area (Å²) in [5.41, 5.74) is 5.38. The predicted molar refractivity (Wildman–Crippen MR) is 168 cm³/mol. The van der Waals surface area contributed by atoms with Crippen LogP contribution in [0.25, 0.3) is 21.8 Å². The molecule has 0 aliphatic heterocycles. The van der Waals surface area contributed by atoms with E-state index in [9.17, 15) is 9.59 Å². The molecule has 1 heterocycles. The number of fused-ring (bicyclic) bond motifs is 2. The molecule has 1 amide bonds. The molecule has 0 fully saturated rings. The Morgan fingerprint density at radius 1 is 1.00 bits per heavy atom. The molecule has 0 saturated heterocycles. The first-order valence-corrected chi connectivity index (χ1v) is 14.0. The van der Waals surface area contributed by atoms with Gasteiger partial charge in [0.2, 0.25) is 0 Å². The van der Waals surface area contributed by atoms with Gasteiger partial charge in [0.05, 0.1) is 27.9 Å². The molecule has 40 heavy (non-hydrogen) atoms. The Bertz CT molecular complexity index is 1780. The van der Waals surface area contributed by atoms with Crippen LogP contribution in [0, 0.1) is 3.57 Å². The summed E-state index contributed by atoms with van der Waals surface area (Å²) in [6, 6.07) is 23.4. The SMILES string of the molecule is COc1cc(/C=N\NC(=O)Cn2c3ccccc3c(=O)c3ccccc32)cc(I)c1OCc1ccc(Cl)cc1Cl. The Balaban J connectivity index is 1.32. The second-order valence-electron chi connectivity index (χ2n) is 8.80. The lowest BCUT2D eigenvalue weighted by Gasteiger charge is -2.14. The van der Waals surface area contributed by atoms with Gasteiger partial charge < -0.3 is 14.0 Å². The summed E-state index contributed by atoms with van der Waals surface area (Å²) in [5.74, 6) is 0.736. The molecule has 4 aromatic carbocycles. The Kier molecular flexibility index (Phi) is 8.58. The van der Waals surface area contributed by atoms with Gasteiger partial charge in [0.15, 0.2) is 16.9 Å². The van der Waals surface area contributed by atoms with E-state index in [4.69, 9.17) is 32.7 Å². The largest absolute Gasteiger partial charge is 0.493 e. The number of amides is 1. The standard InChI is InChI=1S/C30H22Cl2IN3O4/c1-39-27-13-18(12-24(33)30(27)40-17-19-10-11-20(31)14-23(19)32)15-34-35-28(37)16-36-25-8-4-2-6-21(25)29(38)22-7-3-5-9-26(22)36/h2-15H,16-17H2,1H3,(H,35,37)/b34-15-. The van der Waals surface area contributed by atoms with Gasteiger partial charge in [-0.05, 0) is 76.7 Å². The number of methoxy groups -OCH3 is 1. The number of aromatic nitrogens is 1. The number of carbonyl (C=O) groups excluding carboxylic acids is 1. The van der Waals surface area contributed by atoms with Crippen LogP contribution in [0.15, 0.2) is 88.8 Å². The van der Waals surface area contributed by atoms with Gasteiger partial charge in [0, 0.05) is 26.4 Å². The zero-order valence-electron chi connectivity index (χ0n) is 21.2. The Hall–Kier alpha value is -3.60. The molecular formula is C30H22Cl2IN3O4. The van der Waals surface area contributed by atoms with Gasteiger partial charge in [0.1, 0.15) is 13.2 Å². The van der Waals surface area contributed by atoms with Crippen molar-refractivity contribution in [1.82, 2.24) is 9.99 Å². The van der Waals surface area contributed by atoms with E-state index in [0.717, 1.165) is 9.13 Å². The van der Waals surface area contributed by atoms with Crippen LogP contribution >= 0.6 is 45.8 Å². The van der Waals surface area contributed by atoms with Crippen molar-refractivity contribution < 1.29 is 14.3 Å². The van der Waals surface area contributed by atoms with Gasteiger partial charge in [-0.25, -0.2) is 5.43 Å². The van der Waals surface area contributed by atoms with Gasteiger partial charge >= 0.3 is 0 Å². The second-order valence-corrected chi connectivity index (χ2v) is 10.8. The molecule has 0 atom stereocenters. The van der Waals surface area contributed by atoms with E-state index in [-0.39, 0.29) is 24.5 Å². The average molecular weight is 686 g/mol. The number of pyridine rings is 1. The fourth-order valence-corrected chi connectivity index (χ4v) is 5.59. The predicted octanol–water partition coefficient (Wildman–Crippen LogP) is 6.80. The van der Waals surface area contributed by atoms with Crippen molar-refractivity contribution >= 4 is 79.7 Å². The van der Waals surface area contributed by atoms with E-state index >= 15 is 0 Å². The van der Waals surface area contributed by atoms with Crippen LogP contribution in [-0.2, 0) is 17.9 Å². The van der Waals surface area contributed by atoms with Crippen molar-refractivity contribution in [1.29, 1.82) is 0 Å². The Morgan fingerprint density at radius 2 is 1.68 bits per heavy atom. The molecule has 0 bridgehead atoms. The van der Waals surface area contributed by atoms with E-state index in [1.165, 1.54) is 6.21 Å². The summed E-state index contributed by atoms with van der Waals surface area (Å²) >= 11 is 14.4. The topological polar surface area (TPSA) is 81.9 Å². The van der Waals surface area contributed by atoms with Crippen LogP contribution in [0.2, 0.25) is 10.0 Å². The number of nitrogens with one attached hydrogen (secondary N) is 1. The minimum atomic E-state index is -0.336. The molecule has 1 aromatic heterocycles. The smallest absolute Gasteiger partial charge is 0.260 e. The van der Waals surface area contributed by atoms with E-state index in [0.29, 0.717) is 48.9 Å². The molecule has 10 heteroatoms. The zero-order chi connectivity index (χ0) is 28.2. The molecule has 0 spiro atoms. The van der Waals surface area contributed by atoms with Crippen LogP contribution in [0.3, 0.4) is 0 Å². The molecule has 1 N–H and O–H groups in total. The quantitative estimate of drug-likeness (QED) is 0.0843. The van der Waals surface area contributed by atoms with Crippen molar-refractivity contribution in [2.45, 2.75) is 13.2 Å². The van der Waals surface area contributed by atoms with Gasteiger partial charge in [0.25, 0.3) is 5.91 Å². The van der Waals surface area contributed by atoms with Crippen LogP contribution < -0.4 is 20.3 Å². The summed E-state index contributed by atoms with van der Waals surface area (Å²) in [4.78, 5) is 25.8.